The summed E-state index contributed by atoms with van der Waals surface area (Å²) in [4.78, 5) is 36.1. The van der Waals surface area contributed by atoms with Crippen LogP contribution in [0.5, 0.6) is 0 Å². The van der Waals surface area contributed by atoms with Crippen LogP contribution >= 0.6 is 11.3 Å². The third kappa shape index (κ3) is 3.45. The molecule has 0 N–H and O–H groups in total. The van der Waals surface area contributed by atoms with Crippen LogP contribution in [0, 0.1) is 0 Å². The van der Waals surface area contributed by atoms with E-state index in [4.69, 9.17) is 0 Å². The Morgan fingerprint density at radius 1 is 1.03 bits per heavy atom. The quantitative estimate of drug-likeness (QED) is 0.577. The van der Waals surface area contributed by atoms with Gasteiger partial charge in [-0.1, -0.05) is 30.3 Å². The Kier molecular flexibility index (Phi) is 5.11. The molecule has 0 bridgehead atoms. The Morgan fingerprint density at radius 2 is 1.81 bits per heavy atom. The van der Waals surface area contributed by atoms with Crippen LogP contribution in [-0.2, 0) is 17.9 Å². The summed E-state index contributed by atoms with van der Waals surface area (Å²) in [5.74, 6) is -0.0605. The van der Waals surface area contributed by atoms with Gasteiger partial charge >= 0.3 is 6.03 Å². The Hall–Kier alpha value is -2.97. The summed E-state index contributed by atoms with van der Waals surface area (Å²) in [5.41, 5.74) is 1.42. The van der Waals surface area contributed by atoms with Gasteiger partial charge in [-0.3, -0.25) is 19.2 Å². The second-order valence-corrected chi connectivity index (χ2v) is 9.08. The van der Waals surface area contributed by atoms with Gasteiger partial charge in [0.25, 0.3) is 5.91 Å². The van der Waals surface area contributed by atoms with E-state index in [1.54, 1.807) is 23.3 Å². The topological polar surface area (TPSA) is 61.7 Å². The van der Waals surface area contributed by atoms with Gasteiger partial charge in [0.2, 0.25) is 0 Å². The number of carbonyl (C=O) groups is 2. The number of amides is 3. The van der Waals surface area contributed by atoms with Gasteiger partial charge in [-0.15, -0.1) is 11.3 Å². The number of thiazole rings is 1. The average molecular weight is 436 g/mol. The first-order valence-corrected chi connectivity index (χ1v) is 11.4. The summed E-state index contributed by atoms with van der Waals surface area (Å²) in [5, 5.41) is 2.94. The highest BCUT2D eigenvalue weighted by Gasteiger charge is 2.56. The summed E-state index contributed by atoms with van der Waals surface area (Å²) in [6.07, 6.45) is 5.15. The van der Waals surface area contributed by atoms with Crippen LogP contribution in [0.15, 0.2) is 60.2 Å². The molecule has 3 amide bonds. The van der Waals surface area contributed by atoms with E-state index < -0.39 is 5.54 Å². The number of hydrogen-bond acceptors (Lipinski definition) is 5. The molecule has 31 heavy (non-hydrogen) atoms. The van der Waals surface area contributed by atoms with E-state index >= 15 is 0 Å². The van der Waals surface area contributed by atoms with E-state index in [-0.39, 0.29) is 11.9 Å². The van der Waals surface area contributed by atoms with Crippen molar-refractivity contribution in [3.8, 4) is 5.13 Å². The molecule has 2 aliphatic heterocycles. The standard InChI is InChI=1S/C23H25N5O2S/c1-25-22(30)28(16-18-6-3-2-4-7-18)20(29)23(25)9-13-26(14-10-23)17-19-8-5-12-27(19)21-24-11-15-31-21/h2-8,11-12,15H,9-10,13-14,16-17H2,1H3. The molecule has 8 heteroatoms. The fourth-order valence-corrected chi connectivity index (χ4v) is 5.33. The van der Waals surface area contributed by atoms with Crippen LogP contribution in [0.2, 0.25) is 0 Å². The first-order chi connectivity index (χ1) is 15.1. The zero-order chi connectivity index (χ0) is 21.4. The van der Waals surface area contributed by atoms with Crippen molar-refractivity contribution in [1.29, 1.82) is 0 Å². The van der Waals surface area contributed by atoms with Crippen molar-refractivity contribution >= 4 is 23.3 Å². The van der Waals surface area contributed by atoms with Crippen LogP contribution in [0.25, 0.3) is 5.13 Å². The molecule has 3 aromatic rings. The SMILES string of the molecule is CN1C(=O)N(Cc2ccccc2)C(=O)C12CCN(Cc1cccn1-c1nccs1)CC2. The van der Waals surface area contributed by atoms with Gasteiger partial charge in [-0.05, 0) is 30.5 Å². The smallest absolute Gasteiger partial charge is 0.312 e. The Morgan fingerprint density at radius 3 is 2.52 bits per heavy atom. The predicted octanol–water partition coefficient (Wildman–Crippen LogP) is 3.36. The van der Waals surface area contributed by atoms with E-state index in [2.05, 4.69) is 20.5 Å². The minimum Gasteiger partial charge on any atom is -0.312 e. The predicted molar refractivity (Wildman–Crippen MR) is 119 cm³/mol. The lowest BCUT2D eigenvalue weighted by molar-refractivity contribution is -0.135. The van der Waals surface area contributed by atoms with Gasteiger partial charge in [0.15, 0.2) is 5.13 Å². The van der Waals surface area contributed by atoms with Crippen LogP contribution in [0.4, 0.5) is 4.79 Å². The highest BCUT2D eigenvalue weighted by atomic mass is 32.1. The third-order valence-electron chi connectivity index (χ3n) is 6.51. The lowest BCUT2D eigenvalue weighted by Crippen LogP contribution is -2.55. The summed E-state index contributed by atoms with van der Waals surface area (Å²) < 4.78 is 2.12. The van der Waals surface area contributed by atoms with Gasteiger partial charge in [0.05, 0.1) is 6.54 Å². The van der Waals surface area contributed by atoms with E-state index in [0.29, 0.717) is 19.4 Å². The summed E-state index contributed by atoms with van der Waals surface area (Å²) in [6, 6.07) is 13.7. The number of benzene rings is 1. The van der Waals surface area contributed by atoms with Crippen molar-refractivity contribution in [3.63, 3.8) is 0 Å². The number of likely N-dealkylation sites (N-methyl/N-ethyl adjacent to an activating group) is 1. The molecule has 2 fully saturated rings. The first kappa shape index (κ1) is 20.0. The van der Waals surface area contributed by atoms with E-state index in [1.165, 1.54) is 10.6 Å². The zero-order valence-corrected chi connectivity index (χ0v) is 18.3. The number of nitrogens with zero attached hydrogens (tertiary/aromatic N) is 5. The Bertz CT molecular complexity index is 1070. The molecule has 1 aromatic carbocycles. The molecule has 0 aliphatic carbocycles. The number of piperidine rings is 1. The van der Waals surface area contributed by atoms with Crippen molar-refractivity contribution in [2.24, 2.45) is 0 Å². The second kappa shape index (κ2) is 7.94. The largest absolute Gasteiger partial charge is 0.327 e. The van der Waals surface area contributed by atoms with Crippen molar-refractivity contribution in [2.45, 2.75) is 31.5 Å². The number of likely N-dealkylation sites (tertiary alicyclic amines) is 1. The molecule has 7 nitrogen and oxygen atoms in total. The van der Waals surface area contributed by atoms with E-state index in [0.717, 1.165) is 30.3 Å². The number of aromatic nitrogens is 2. The fraction of sp³-hybridized carbons (Fsp3) is 0.348. The molecule has 0 radical (unpaired) electrons. The maximum Gasteiger partial charge on any atom is 0.327 e. The van der Waals surface area contributed by atoms with E-state index in [9.17, 15) is 9.59 Å². The average Bonchev–Trinajstić information content (AvgIpc) is 3.52. The molecule has 0 unspecified atom stereocenters. The molecule has 4 heterocycles. The molecule has 160 valence electrons. The maximum atomic E-state index is 13.4. The lowest BCUT2D eigenvalue weighted by atomic mass is 9.86. The van der Waals surface area contributed by atoms with Gasteiger partial charge < -0.3 is 4.90 Å². The highest BCUT2D eigenvalue weighted by Crippen LogP contribution is 2.37. The molecule has 0 saturated carbocycles. The van der Waals surface area contributed by atoms with Crippen molar-refractivity contribution in [3.05, 3.63) is 71.5 Å². The van der Waals surface area contributed by atoms with Crippen molar-refractivity contribution < 1.29 is 9.59 Å². The molecule has 2 aromatic heterocycles. The summed E-state index contributed by atoms with van der Waals surface area (Å²) in [6.45, 7) is 2.66. The van der Waals surface area contributed by atoms with Gasteiger partial charge in [-0.25, -0.2) is 9.78 Å². The van der Waals surface area contributed by atoms with Gasteiger partial charge in [-0.2, -0.15) is 0 Å². The number of carbonyl (C=O) groups excluding carboxylic acids is 2. The lowest BCUT2D eigenvalue weighted by Gasteiger charge is -2.40. The van der Waals surface area contributed by atoms with Crippen LogP contribution in [0.3, 0.4) is 0 Å². The molecule has 0 atom stereocenters. The molecular weight excluding hydrogens is 410 g/mol. The minimum atomic E-state index is -0.723. The van der Waals surface area contributed by atoms with Crippen molar-refractivity contribution in [2.75, 3.05) is 20.1 Å². The number of urea groups is 1. The van der Waals surface area contributed by atoms with Crippen LogP contribution in [-0.4, -0.2) is 61.9 Å². The van der Waals surface area contributed by atoms with Crippen LogP contribution < -0.4 is 0 Å². The number of hydrogen-bond donors (Lipinski definition) is 0. The number of rotatable bonds is 5. The van der Waals surface area contributed by atoms with Gasteiger partial charge in [0.1, 0.15) is 5.54 Å². The minimum absolute atomic E-state index is 0.0605. The van der Waals surface area contributed by atoms with Crippen LogP contribution in [0.1, 0.15) is 24.1 Å². The second-order valence-electron chi connectivity index (χ2n) is 8.21. The maximum absolute atomic E-state index is 13.4. The third-order valence-corrected chi connectivity index (χ3v) is 7.28. The normalized spacial score (nSPS) is 19.0. The molecule has 5 rings (SSSR count). The van der Waals surface area contributed by atoms with Gasteiger partial charge in [0, 0.05) is 50.1 Å². The fourth-order valence-electron chi connectivity index (χ4n) is 4.68. The Balaban J connectivity index is 1.28. The summed E-state index contributed by atoms with van der Waals surface area (Å²) >= 11 is 1.61. The summed E-state index contributed by atoms with van der Waals surface area (Å²) in [7, 11) is 1.77. The Labute approximate surface area is 185 Å². The molecular formula is C23H25N5O2S. The molecule has 1 spiro atoms. The highest BCUT2D eigenvalue weighted by molar-refractivity contribution is 7.12. The monoisotopic (exact) mass is 435 g/mol. The van der Waals surface area contributed by atoms with E-state index in [1.807, 2.05) is 54.2 Å². The van der Waals surface area contributed by atoms with Crippen molar-refractivity contribution in [1.82, 2.24) is 24.3 Å². The zero-order valence-electron chi connectivity index (χ0n) is 17.5. The molecule has 2 aliphatic rings. The molecule has 2 saturated heterocycles. The number of imide groups is 1. The first-order valence-electron chi connectivity index (χ1n) is 10.5.